The molecule has 4 aromatic rings. The van der Waals surface area contributed by atoms with Crippen molar-refractivity contribution in [1.82, 2.24) is 14.9 Å². The molecule has 3 heterocycles. The number of H-pyrrole nitrogens is 2. The Morgan fingerprint density at radius 3 is 2.62 bits per heavy atom. The number of ether oxygens (including phenoxy) is 1. The van der Waals surface area contributed by atoms with E-state index >= 15 is 0 Å². The maximum atomic E-state index is 14.0. The van der Waals surface area contributed by atoms with Gasteiger partial charge >= 0.3 is 12.1 Å². The zero-order valence-electron chi connectivity index (χ0n) is 22.2. The van der Waals surface area contributed by atoms with E-state index in [9.17, 15) is 27.9 Å². The average Bonchev–Trinajstić information content (AvgIpc) is 3.44. The molecule has 2 atom stereocenters. The van der Waals surface area contributed by atoms with Crippen molar-refractivity contribution in [2.24, 2.45) is 5.92 Å². The van der Waals surface area contributed by atoms with Gasteiger partial charge in [0.25, 0.3) is 0 Å². The Bertz CT molecular complexity index is 1730. The van der Waals surface area contributed by atoms with Crippen molar-refractivity contribution >= 4 is 39.6 Å². The van der Waals surface area contributed by atoms with E-state index in [1.54, 1.807) is 0 Å². The third-order valence-electron chi connectivity index (χ3n) is 8.30. The summed E-state index contributed by atoms with van der Waals surface area (Å²) in [7, 11) is 2.89. The zero-order chi connectivity index (χ0) is 28.5. The maximum absolute atomic E-state index is 14.0. The number of rotatable bonds is 3. The summed E-state index contributed by atoms with van der Waals surface area (Å²) >= 11 is 0. The van der Waals surface area contributed by atoms with Gasteiger partial charge in [0.15, 0.2) is 5.78 Å². The second-order valence-corrected chi connectivity index (χ2v) is 10.8. The van der Waals surface area contributed by atoms with E-state index in [-0.39, 0.29) is 29.0 Å². The van der Waals surface area contributed by atoms with Crippen LogP contribution in [0.15, 0.2) is 36.0 Å². The highest BCUT2D eigenvalue weighted by Crippen LogP contribution is 2.46. The van der Waals surface area contributed by atoms with E-state index in [2.05, 4.69) is 9.97 Å². The van der Waals surface area contributed by atoms with Gasteiger partial charge in [-0.05, 0) is 54.5 Å². The number of esters is 1. The summed E-state index contributed by atoms with van der Waals surface area (Å²) in [6.07, 6.45) is -1.71. The molecule has 6 rings (SSSR count). The fourth-order valence-electron chi connectivity index (χ4n) is 6.42. The number of para-hydroxylation sites is 1. The van der Waals surface area contributed by atoms with Gasteiger partial charge in [-0.3, -0.25) is 4.79 Å². The number of nitrogens with zero attached hydrogens (tertiary/aromatic N) is 1. The number of fused-ring (bicyclic) bond motifs is 6. The van der Waals surface area contributed by atoms with Crippen LogP contribution >= 0.6 is 0 Å². The number of benzene rings is 2. The summed E-state index contributed by atoms with van der Waals surface area (Å²) in [4.78, 5) is 34.2. The monoisotopic (exact) mass is 551 g/mol. The molecule has 2 aliphatic rings. The van der Waals surface area contributed by atoms with Crippen LogP contribution in [0.2, 0.25) is 0 Å². The topological polar surface area (TPSA) is 98.4 Å². The van der Waals surface area contributed by atoms with Gasteiger partial charge in [0.1, 0.15) is 11.4 Å². The number of phenolic OH excluding ortho intramolecular Hbond substituents is 1. The van der Waals surface area contributed by atoms with Crippen LogP contribution in [0.1, 0.15) is 64.1 Å². The third-order valence-corrected chi connectivity index (χ3v) is 8.30. The van der Waals surface area contributed by atoms with Crippen LogP contribution in [0.25, 0.3) is 27.9 Å². The molecular formula is C30H28F3N3O4. The number of Topliss-reactive ketones (excluding diaryl/α,β-unsaturated/α-hetero) is 1. The second-order valence-electron chi connectivity index (χ2n) is 10.8. The van der Waals surface area contributed by atoms with E-state index in [4.69, 9.17) is 4.74 Å². The normalized spacial score (nSPS) is 19.2. The first-order valence-electron chi connectivity index (χ1n) is 13.1. The smallest absolute Gasteiger partial charge is 0.432 e. The van der Waals surface area contributed by atoms with Crippen LogP contribution in [0, 0.1) is 5.92 Å². The first kappa shape index (κ1) is 26.0. The zero-order valence-corrected chi connectivity index (χ0v) is 22.2. The van der Waals surface area contributed by atoms with Gasteiger partial charge in [-0.1, -0.05) is 25.1 Å². The highest BCUT2D eigenvalue weighted by Gasteiger charge is 2.42. The van der Waals surface area contributed by atoms with Crippen molar-refractivity contribution in [3.8, 4) is 5.75 Å². The fourth-order valence-corrected chi connectivity index (χ4v) is 6.42. The molecule has 40 heavy (non-hydrogen) atoms. The van der Waals surface area contributed by atoms with Gasteiger partial charge in [0, 0.05) is 40.5 Å². The molecule has 208 valence electrons. The standard InChI is InChI=1S/C30H28F3N3O4/c1-14-8-9-15(27(38)21-12-18-17-6-4-5-7-19(17)34-20(18)13-36(21)2)10-16-11-22(37)26-24(23(14)16)25(29(39)40-3)28(35-26)30(31,32)33/h4-7,11-12,14-15,34-35,37H,8-10,13H2,1-3H3/t14-,15?/m1/s1. The van der Waals surface area contributed by atoms with E-state index in [1.807, 2.05) is 49.2 Å². The minimum absolute atomic E-state index is 0.00667. The number of hydrogen-bond donors (Lipinski definition) is 3. The molecule has 0 saturated carbocycles. The Kier molecular flexibility index (Phi) is 5.97. The molecule has 0 fully saturated rings. The first-order valence-corrected chi connectivity index (χ1v) is 13.1. The molecule has 1 unspecified atom stereocenters. The SMILES string of the molecule is COC(=O)c1c(C(F)(F)F)[nH]c2c(O)cc3c(c12)[C@H](C)CCC(C(=O)C1=Cc2c([nH]c4ccccc24)CN1C)C3. The van der Waals surface area contributed by atoms with Crippen LogP contribution in [-0.2, 0) is 28.7 Å². The molecule has 0 spiro atoms. The number of carbonyl (C=O) groups excluding carboxylic acids is 2. The molecule has 10 heteroatoms. The molecule has 2 aromatic heterocycles. The Hall–Kier alpha value is -4.21. The molecule has 3 N–H and O–H groups in total. The van der Waals surface area contributed by atoms with Crippen molar-refractivity contribution in [2.45, 2.75) is 44.8 Å². The summed E-state index contributed by atoms with van der Waals surface area (Å²) in [5, 5.41) is 11.8. The summed E-state index contributed by atoms with van der Waals surface area (Å²) in [6.45, 7) is 2.41. The molecule has 1 aliphatic heterocycles. The van der Waals surface area contributed by atoms with Gasteiger partial charge < -0.3 is 24.7 Å². The number of alkyl halides is 3. The average molecular weight is 552 g/mol. The van der Waals surface area contributed by atoms with E-state index in [0.29, 0.717) is 36.2 Å². The van der Waals surface area contributed by atoms with E-state index in [1.165, 1.54) is 6.07 Å². The first-order chi connectivity index (χ1) is 19.0. The summed E-state index contributed by atoms with van der Waals surface area (Å²) < 4.78 is 46.5. The fraction of sp³-hybridized carbons (Fsp3) is 0.333. The largest absolute Gasteiger partial charge is 0.506 e. The summed E-state index contributed by atoms with van der Waals surface area (Å²) in [6, 6.07) is 9.34. The minimum Gasteiger partial charge on any atom is -0.506 e. The lowest BCUT2D eigenvalue weighted by Crippen LogP contribution is -2.31. The third kappa shape index (κ3) is 3.96. The summed E-state index contributed by atoms with van der Waals surface area (Å²) in [5.74, 6) is -2.33. The maximum Gasteiger partial charge on any atom is 0.432 e. The number of likely N-dealkylation sites (N-methyl/N-ethyl adjacent to an activating group) is 1. The van der Waals surface area contributed by atoms with Gasteiger partial charge in [-0.25, -0.2) is 4.79 Å². The lowest BCUT2D eigenvalue weighted by atomic mass is 9.88. The van der Waals surface area contributed by atoms with Crippen LogP contribution in [0.3, 0.4) is 0 Å². The number of allylic oxidation sites excluding steroid dienone is 1. The number of ketones is 1. The van der Waals surface area contributed by atoms with Crippen molar-refractivity contribution in [1.29, 1.82) is 0 Å². The van der Waals surface area contributed by atoms with Crippen LogP contribution < -0.4 is 0 Å². The number of hydrogen-bond acceptors (Lipinski definition) is 5. The molecule has 7 nitrogen and oxygen atoms in total. The Balaban J connectivity index is 1.45. The van der Waals surface area contributed by atoms with E-state index in [0.717, 1.165) is 29.3 Å². The van der Waals surface area contributed by atoms with Crippen molar-refractivity contribution < 1.29 is 32.6 Å². The Morgan fingerprint density at radius 2 is 1.90 bits per heavy atom. The number of phenols is 1. The second kappa shape index (κ2) is 9.18. The Labute approximate surface area is 227 Å². The highest BCUT2D eigenvalue weighted by atomic mass is 19.4. The Morgan fingerprint density at radius 1 is 1.15 bits per heavy atom. The van der Waals surface area contributed by atoms with Gasteiger partial charge in [-0.15, -0.1) is 0 Å². The molecule has 1 aliphatic carbocycles. The van der Waals surface area contributed by atoms with Crippen molar-refractivity contribution in [3.63, 3.8) is 0 Å². The molecule has 0 amide bonds. The predicted octanol–water partition coefficient (Wildman–Crippen LogP) is 6.27. The molecule has 2 aromatic carbocycles. The molecule has 0 saturated heterocycles. The lowest BCUT2D eigenvalue weighted by molar-refractivity contribution is -0.141. The quantitative estimate of drug-likeness (QED) is 0.206. The van der Waals surface area contributed by atoms with Crippen LogP contribution in [0.4, 0.5) is 13.2 Å². The number of halogens is 3. The van der Waals surface area contributed by atoms with Crippen molar-refractivity contribution in [2.75, 3.05) is 14.2 Å². The van der Waals surface area contributed by atoms with E-state index < -0.39 is 35.1 Å². The van der Waals surface area contributed by atoms with Crippen LogP contribution in [0.5, 0.6) is 5.75 Å². The number of methoxy groups -OCH3 is 1. The molecule has 0 radical (unpaired) electrons. The predicted molar refractivity (Wildman–Crippen MR) is 144 cm³/mol. The highest BCUT2D eigenvalue weighted by molar-refractivity contribution is 6.09. The van der Waals surface area contributed by atoms with Gasteiger partial charge in [0.2, 0.25) is 0 Å². The summed E-state index contributed by atoms with van der Waals surface area (Å²) in [5.41, 5.74) is 2.58. The number of aromatic amines is 2. The lowest BCUT2D eigenvalue weighted by Gasteiger charge is -2.28. The van der Waals surface area contributed by atoms with Gasteiger partial charge in [-0.2, -0.15) is 13.2 Å². The minimum atomic E-state index is -4.87. The number of aromatic nitrogens is 2. The van der Waals surface area contributed by atoms with Crippen LogP contribution in [-0.4, -0.2) is 45.9 Å². The number of aromatic hydroxyl groups is 1. The van der Waals surface area contributed by atoms with Crippen molar-refractivity contribution in [3.05, 3.63) is 69.7 Å². The molecular weight excluding hydrogens is 523 g/mol. The van der Waals surface area contributed by atoms with Gasteiger partial charge in [0.05, 0.1) is 30.4 Å². The number of carbonyl (C=O) groups is 2. The number of nitrogens with one attached hydrogen (secondary N) is 2. The molecule has 0 bridgehead atoms.